The van der Waals surface area contributed by atoms with E-state index in [4.69, 9.17) is 5.73 Å². The first-order chi connectivity index (χ1) is 9.22. The van der Waals surface area contributed by atoms with Crippen molar-refractivity contribution in [1.29, 1.82) is 0 Å². The molecule has 0 bridgehead atoms. The number of carbonyl (C=O) groups is 1. The highest BCUT2D eigenvalue weighted by Crippen LogP contribution is 2.20. The molecule has 19 heavy (non-hydrogen) atoms. The number of hydrogen-bond acceptors (Lipinski definition) is 6. The molecule has 2 aromatic heterocycles. The minimum atomic E-state index is -0.477. The third-order valence-corrected chi connectivity index (χ3v) is 2.59. The fraction of sp³-hybridized carbons (Fsp3) is 0.250. The summed E-state index contributed by atoms with van der Waals surface area (Å²) in [6.45, 7) is 1.28. The number of ether oxygens (including phenoxy) is 1. The van der Waals surface area contributed by atoms with Gasteiger partial charge in [0, 0.05) is 25.1 Å². The van der Waals surface area contributed by atoms with Gasteiger partial charge in [-0.2, -0.15) is 5.10 Å². The molecule has 3 N–H and O–H groups in total. The van der Waals surface area contributed by atoms with Crippen molar-refractivity contribution in [1.82, 2.24) is 14.8 Å². The van der Waals surface area contributed by atoms with Crippen molar-refractivity contribution >= 4 is 17.5 Å². The maximum Gasteiger partial charge on any atom is 0.340 e. The Hall–Kier alpha value is -2.57. The first kappa shape index (κ1) is 12.9. The van der Waals surface area contributed by atoms with Crippen LogP contribution in [0.15, 0.2) is 30.7 Å². The van der Waals surface area contributed by atoms with Crippen molar-refractivity contribution in [3.05, 3.63) is 36.3 Å². The maximum atomic E-state index is 11.5. The number of anilines is 2. The highest BCUT2D eigenvalue weighted by molar-refractivity contribution is 5.97. The molecule has 2 rings (SSSR count). The summed E-state index contributed by atoms with van der Waals surface area (Å²) >= 11 is 0. The van der Waals surface area contributed by atoms with E-state index in [0.717, 1.165) is 0 Å². The number of carbonyl (C=O) groups excluding carboxylic acids is 1. The van der Waals surface area contributed by atoms with Crippen molar-refractivity contribution in [2.24, 2.45) is 0 Å². The van der Waals surface area contributed by atoms with E-state index in [2.05, 4.69) is 20.1 Å². The number of pyridine rings is 1. The summed E-state index contributed by atoms with van der Waals surface area (Å²) in [6.07, 6.45) is 5.09. The number of aromatic nitrogens is 3. The molecular weight excluding hydrogens is 246 g/mol. The lowest BCUT2D eigenvalue weighted by Gasteiger charge is -2.10. The molecule has 100 valence electrons. The van der Waals surface area contributed by atoms with Gasteiger partial charge in [0.1, 0.15) is 5.82 Å². The number of rotatable bonds is 5. The summed E-state index contributed by atoms with van der Waals surface area (Å²) < 4.78 is 6.43. The second-order valence-corrected chi connectivity index (χ2v) is 3.81. The summed E-state index contributed by atoms with van der Waals surface area (Å²) in [5.41, 5.74) is 6.46. The monoisotopic (exact) mass is 261 g/mol. The molecule has 0 atom stereocenters. The van der Waals surface area contributed by atoms with E-state index >= 15 is 0 Å². The Bertz CT molecular complexity index is 553. The van der Waals surface area contributed by atoms with Gasteiger partial charge in [-0.3, -0.25) is 4.68 Å². The number of esters is 1. The average Bonchev–Trinajstić information content (AvgIpc) is 2.93. The van der Waals surface area contributed by atoms with E-state index in [-0.39, 0.29) is 5.69 Å². The molecule has 0 fully saturated rings. The number of nitrogens with two attached hydrogens (primary N) is 1. The minimum absolute atomic E-state index is 0.287. The summed E-state index contributed by atoms with van der Waals surface area (Å²) in [7, 11) is 1.31. The highest BCUT2D eigenvalue weighted by atomic mass is 16.5. The van der Waals surface area contributed by atoms with Gasteiger partial charge < -0.3 is 15.8 Å². The van der Waals surface area contributed by atoms with Crippen LogP contribution in [-0.4, -0.2) is 34.4 Å². The van der Waals surface area contributed by atoms with Crippen molar-refractivity contribution in [3.63, 3.8) is 0 Å². The molecule has 0 saturated carbocycles. The van der Waals surface area contributed by atoms with E-state index in [1.54, 1.807) is 10.9 Å². The molecule has 0 spiro atoms. The van der Waals surface area contributed by atoms with Gasteiger partial charge in [-0.25, -0.2) is 9.78 Å². The van der Waals surface area contributed by atoms with Gasteiger partial charge in [-0.15, -0.1) is 0 Å². The van der Waals surface area contributed by atoms with Gasteiger partial charge in [0.05, 0.1) is 24.9 Å². The Balaban J connectivity index is 2.02. The molecule has 0 aliphatic rings. The molecular formula is C12H15N5O2. The van der Waals surface area contributed by atoms with E-state index < -0.39 is 5.97 Å². The second-order valence-electron chi connectivity index (χ2n) is 3.81. The zero-order chi connectivity index (χ0) is 13.7. The topological polar surface area (TPSA) is 95.1 Å². The lowest BCUT2D eigenvalue weighted by atomic mass is 10.2. The molecule has 0 aliphatic carbocycles. The van der Waals surface area contributed by atoms with Crippen LogP contribution in [0.25, 0.3) is 0 Å². The molecule has 2 heterocycles. The predicted octanol–water partition coefficient (Wildman–Crippen LogP) is 0.759. The summed E-state index contributed by atoms with van der Waals surface area (Å²) in [5, 5.41) is 7.15. The molecule has 2 aromatic rings. The first-order valence-corrected chi connectivity index (χ1v) is 5.76. The van der Waals surface area contributed by atoms with Gasteiger partial charge in [0.15, 0.2) is 0 Å². The predicted molar refractivity (Wildman–Crippen MR) is 70.7 cm³/mol. The fourth-order valence-electron chi connectivity index (χ4n) is 1.62. The summed E-state index contributed by atoms with van der Waals surface area (Å²) in [5.74, 6) is -0.00918. The van der Waals surface area contributed by atoms with Crippen LogP contribution in [0.5, 0.6) is 0 Å². The van der Waals surface area contributed by atoms with Crippen LogP contribution in [0.2, 0.25) is 0 Å². The SMILES string of the molecule is COC(=O)c1ccnc(NCCn2cccn2)c1N. The van der Waals surface area contributed by atoms with Crippen LogP contribution < -0.4 is 11.1 Å². The lowest BCUT2D eigenvalue weighted by molar-refractivity contribution is 0.0602. The van der Waals surface area contributed by atoms with Gasteiger partial charge in [0.2, 0.25) is 0 Å². The lowest BCUT2D eigenvalue weighted by Crippen LogP contribution is -2.15. The van der Waals surface area contributed by atoms with Crippen molar-refractivity contribution < 1.29 is 9.53 Å². The third-order valence-electron chi connectivity index (χ3n) is 2.59. The first-order valence-electron chi connectivity index (χ1n) is 5.76. The number of nitrogens with one attached hydrogen (secondary N) is 1. The smallest absolute Gasteiger partial charge is 0.340 e. The van der Waals surface area contributed by atoms with E-state index in [1.165, 1.54) is 19.4 Å². The molecule has 0 aromatic carbocycles. The number of methoxy groups -OCH3 is 1. The Morgan fingerprint density at radius 1 is 1.53 bits per heavy atom. The van der Waals surface area contributed by atoms with Gasteiger partial charge >= 0.3 is 5.97 Å². The average molecular weight is 261 g/mol. The van der Waals surface area contributed by atoms with E-state index in [1.807, 2.05) is 12.3 Å². The van der Waals surface area contributed by atoms with Crippen molar-refractivity contribution in [2.45, 2.75) is 6.54 Å². The van der Waals surface area contributed by atoms with Gasteiger partial charge in [-0.05, 0) is 12.1 Å². The number of hydrogen-bond donors (Lipinski definition) is 2. The molecule has 0 amide bonds. The van der Waals surface area contributed by atoms with Crippen LogP contribution in [0.3, 0.4) is 0 Å². The molecule has 0 saturated heterocycles. The molecule has 0 aliphatic heterocycles. The summed E-state index contributed by atoms with van der Waals surface area (Å²) in [6, 6.07) is 3.38. The molecule has 7 nitrogen and oxygen atoms in total. The van der Waals surface area contributed by atoms with Gasteiger partial charge in [-0.1, -0.05) is 0 Å². The second kappa shape index (κ2) is 5.85. The zero-order valence-electron chi connectivity index (χ0n) is 10.5. The quantitative estimate of drug-likeness (QED) is 0.771. The Morgan fingerprint density at radius 3 is 3.05 bits per heavy atom. The standard InChI is InChI=1S/C12H15N5O2/c1-19-12(18)9-3-5-14-11(10(9)13)15-6-8-17-7-2-4-16-17/h2-5,7H,6,8,13H2,1H3,(H,14,15). The van der Waals surface area contributed by atoms with Crippen LogP contribution in [0, 0.1) is 0 Å². The minimum Gasteiger partial charge on any atom is -0.465 e. The van der Waals surface area contributed by atoms with Crippen LogP contribution in [-0.2, 0) is 11.3 Å². The fourth-order valence-corrected chi connectivity index (χ4v) is 1.62. The highest BCUT2D eigenvalue weighted by Gasteiger charge is 2.13. The van der Waals surface area contributed by atoms with Crippen molar-refractivity contribution in [3.8, 4) is 0 Å². The third kappa shape index (κ3) is 3.01. The Morgan fingerprint density at radius 2 is 2.37 bits per heavy atom. The number of nitrogen functional groups attached to an aromatic ring is 1. The Kier molecular flexibility index (Phi) is 3.97. The van der Waals surface area contributed by atoms with E-state index in [0.29, 0.717) is 24.5 Å². The van der Waals surface area contributed by atoms with Crippen LogP contribution >= 0.6 is 0 Å². The normalized spacial score (nSPS) is 10.2. The maximum absolute atomic E-state index is 11.5. The zero-order valence-corrected chi connectivity index (χ0v) is 10.5. The Labute approximate surface area is 110 Å². The molecule has 0 radical (unpaired) electrons. The van der Waals surface area contributed by atoms with Crippen LogP contribution in [0.4, 0.5) is 11.5 Å². The van der Waals surface area contributed by atoms with Crippen LogP contribution in [0.1, 0.15) is 10.4 Å². The largest absolute Gasteiger partial charge is 0.465 e. The molecule has 7 heteroatoms. The summed E-state index contributed by atoms with van der Waals surface area (Å²) in [4.78, 5) is 15.6. The molecule has 0 unspecified atom stereocenters. The van der Waals surface area contributed by atoms with Crippen molar-refractivity contribution in [2.75, 3.05) is 24.7 Å². The van der Waals surface area contributed by atoms with Gasteiger partial charge in [0.25, 0.3) is 0 Å². The number of nitrogens with zero attached hydrogens (tertiary/aromatic N) is 3. The van der Waals surface area contributed by atoms with E-state index in [9.17, 15) is 4.79 Å².